The Balaban J connectivity index is 1.30. The van der Waals surface area contributed by atoms with Crippen LogP contribution in [0.2, 0.25) is 0 Å². The van der Waals surface area contributed by atoms with Gasteiger partial charge in [0.15, 0.2) is 5.82 Å². The number of nitrogens with one attached hydrogen (secondary N) is 4. The molecule has 0 spiro atoms. The molecule has 2 aromatic carbocycles. The summed E-state index contributed by atoms with van der Waals surface area (Å²) < 4.78 is 21.2. The van der Waals surface area contributed by atoms with Gasteiger partial charge in [-0.05, 0) is 43.2 Å². The molecule has 2 aliphatic heterocycles. The van der Waals surface area contributed by atoms with Crippen LogP contribution in [-0.4, -0.2) is 63.6 Å². The maximum Gasteiger partial charge on any atom is 0.321 e. The molecule has 1 atom stereocenters. The van der Waals surface area contributed by atoms with Gasteiger partial charge in [0.05, 0.1) is 21.6 Å². The van der Waals surface area contributed by atoms with Crippen molar-refractivity contribution in [3.63, 3.8) is 0 Å². The Hall–Kier alpha value is -3.86. The maximum absolute atomic E-state index is 12.9. The van der Waals surface area contributed by atoms with Gasteiger partial charge in [-0.2, -0.15) is 4.98 Å². The van der Waals surface area contributed by atoms with Gasteiger partial charge in [0.1, 0.15) is 0 Å². The van der Waals surface area contributed by atoms with Gasteiger partial charge in [0.25, 0.3) is 0 Å². The van der Waals surface area contributed by atoms with Crippen LogP contribution in [0.4, 0.5) is 33.6 Å². The first kappa shape index (κ1) is 23.9. The van der Waals surface area contributed by atoms with Crippen LogP contribution in [-0.2, 0) is 9.73 Å². The van der Waals surface area contributed by atoms with Crippen molar-refractivity contribution in [3.05, 3.63) is 60.8 Å². The van der Waals surface area contributed by atoms with Gasteiger partial charge in [-0.15, -0.1) is 0 Å². The summed E-state index contributed by atoms with van der Waals surface area (Å²) in [6, 6.07) is 16.5. The highest BCUT2D eigenvalue weighted by Crippen LogP contribution is 2.28. The lowest BCUT2D eigenvalue weighted by Crippen LogP contribution is -2.50. The standard InChI is InChI=1S/C25H30N8O2S/c26-36(35)16-5-4-11-27-23-22(18-28-24(31-23)29-20-9-6-10-21(36)17-20)32-12-14-33(15-13-32)25(34)30-19-7-2-1-3-8-19/h1-3,6-10,17-18,26H,4-5,11-16H2,(H,30,34)(H2,27,28,29,31). The molecule has 36 heavy (non-hydrogen) atoms. The minimum absolute atomic E-state index is 0.103. The van der Waals surface area contributed by atoms with Gasteiger partial charge in [-0.3, -0.25) is 0 Å². The van der Waals surface area contributed by atoms with E-state index < -0.39 is 9.73 Å². The largest absolute Gasteiger partial charge is 0.368 e. The minimum atomic E-state index is -2.85. The molecule has 0 radical (unpaired) electrons. The van der Waals surface area contributed by atoms with Gasteiger partial charge in [0.2, 0.25) is 5.95 Å². The van der Waals surface area contributed by atoms with E-state index in [1.54, 1.807) is 24.4 Å². The van der Waals surface area contributed by atoms with Gasteiger partial charge in [0, 0.05) is 54.7 Å². The number of para-hydroxylation sites is 1. The summed E-state index contributed by atoms with van der Waals surface area (Å²) in [6.45, 7) is 3.15. The summed E-state index contributed by atoms with van der Waals surface area (Å²) in [5, 5.41) is 9.54. The van der Waals surface area contributed by atoms with Gasteiger partial charge in [-0.1, -0.05) is 24.3 Å². The number of aromatic nitrogens is 2. The zero-order valence-corrected chi connectivity index (χ0v) is 20.8. The lowest BCUT2D eigenvalue weighted by molar-refractivity contribution is 0.208. The number of urea groups is 1. The number of rotatable bonds is 2. The number of amides is 2. The van der Waals surface area contributed by atoms with Crippen molar-refractivity contribution in [2.24, 2.45) is 0 Å². The second-order valence-electron chi connectivity index (χ2n) is 8.86. The molecular formula is C25H30N8O2S. The molecule has 188 valence electrons. The van der Waals surface area contributed by atoms with Crippen LogP contribution in [0.15, 0.2) is 65.7 Å². The monoisotopic (exact) mass is 506 g/mol. The fourth-order valence-corrected chi connectivity index (χ4v) is 5.80. The second-order valence-corrected chi connectivity index (χ2v) is 11.1. The number of anilines is 5. The highest BCUT2D eigenvalue weighted by molar-refractivity contribution is 7.92. The molecule has 5 rings (SSSR count). The van der Waals surface area contributed by atoms with E-state index in [1.165, 1.54) is 0 Å². The van der Waals surface area contributed by atoms with Crippen LogP contribution < -0.4 is 20.9 Å². The molecule has 1 aromatic heterocycles. The smallest absolute Gasteiger partial charge is 0.321 e. The Labute approximate surface area is 211 Å². The molecule has 10 nitrogen and oxygen atoms in total. The van der Waals surface area contributed by atoms with E-state index in [1.807, 2.05) is 41.3 Å². The summed E-state index contributed by atoms with van der Waals surface area (Å²) in [5.41, 5.74) is 2.36. The first-order valence-electron chi connectivity index (χ1n) is 12.1. The molecule has 1 unspecified atom stereocenters. The molecule has 1 fully saturated rings. The number of carbonyl (C=O) groups excluding carboxylic acids is 1. The van der Waals surface area contributed by atoms with Crippen molar-refractivity contribution in [1.29, 1.82) is 4.78 Å². The molecule has 4 bridgehead atoms. The van der Waals surface area contributed by atoms with Crippen molar-refractivity contribution in [3.8, 4) is 0 Å². The molecule has 1 saturated heterocycles. The number of hydrogen-bond acceptors (Lipinski definition) is 8. The van der Waals surface area contributed by atoms with E-state index >= 15 is 0 Å². The van der Waals surface area contributed by atoms with Crippen LogP contribution in [0.5, 0.6) is 0 Å². The quantitative estimate of drug-likeness (QED) is 0.411. The third-order valence-electron chi connectivity index (χ3n) is 6.32. The summed E-state index contributed by atoms with van der Waals surface area (Å²) in [4.78, 5) is 26.4. The Morgan fingerprint density at radius 3 is 2.64 bits per heavy atom. The van der Waals surface area contributed by atoms with E-state index in [-0.39, 0.29) is 6.03 Å². The fourth-order valence-electron chi connectivity index (χ4n) is 4.33. The zero-order chi connectivity index (χ0) is 25.0. The normalized spacial score (nSPS) is 20.1. The molecule has 2 aliphatic rings. The first-order valence-corrected chi connectivity index (χ1v) is 13.8. The van der Waals surface area contributed by atoms with Gasteiger partial charge < -0.3 is 25.8 Å². The third-order valence-corrected chi connectivity index (χ3v) is 8.20. The zero-order valence-electron chi connectivity index (χ0n) is 19.9. The molecule has 0 saturated carbocycles. The van der Waals surface area contributed by atoms with Crippen LogP contribution in [0, 0.1) is 4.78 Å². The Bertz CT molecular complexity index is 1320. The van der Waals surface area contributed by atoms with Crippen molar-refractivity contribution in [2.75, 3.05) is 59.3 Å². The molecular weight excluding hydrogens is 476 g/mol. The molecule has 0 aliphatic carbocycles. The fraction of sp³-hybridized carbons (Fsp3) is 0.320. The number of fused-ring (bicyclic) bond motifs is 4. The average molecular weight is 507 g/mol. The van der Waals surface area contributed by atoms with Gasteiger partial charge >= 0.3 is 6.03 Å². The second kappa shape index (κ2) is 10.4. The molecule has 11 heteroatoms. The summed E-state index contributed by atoms with van der Waals surface area (Å²) in [5.74, 6) is 1.47. The number of nitrogens with zero attached hydrogens (tertiary/aromatic N) is 4. The van der Waals surface area contributed by atoms with E-state index in [4.69, 9.17) is 9.76 Å². The SMILES string of the molecule is N=S1(=O)CCCCNc2nc(ncc2N2CCN(C(=O)Nc3ccccc3)CC2)Nc2cccc1c2. The molecule has 4 N–H and O–H groups in total. The lowest BCUT2D eigenvalue weighted by atomic mass is 10.2. The number of benzene rings is 2. The maximum atomic E-state index is 12.9. The van der Waals surface area contributed by atoms with Crippen LogP contribution in [0.25, 0.3) is 0 Å². The van der Waals surface area contributed by atoms with Crippen molar-refractivity contribution >= 4 is 44.6 Å². The molecule has 3 heterocycles. The van der Waals surface area contributed by atoms with E-state index in [2.05, 4.69) is 25.8 Å². The average Bonchev–Trinajstić information content (AvgIpc) is 2.89. The number of carbonyl (C=O) groups is 1. The highest BCUT2D eigenvalue weighted by Gasteiger charge is 2.24. The molecule has 2 amide bonds. The predicted octanol–water partition coefficient (Wildman–Crippen LogP) is 4.19. The van der Waals surface area contributed by atoms with Crippen molar-refractivity contribution in [1.82, 2.24) is 14.9 Å². The predicted molar refractivity (Wildman–Crippen MR) is 143 cm³/mol. The van der Waals surface area contributed by atoms with E-state index in [0.717, 1.165) is 23.6 Å². The summed E-state index contributed by atoms with van der Waals surface area (Å²) >= 11 is 0. The molecule has 3 aromatic rings. The van der Waals surface area contributed by atoms with Crippen molar-refractivity contribution in [2.45, 2.75) is 17.7 Å². The van der Waals surface area contributed by atoms with Crippen LogP contribution in [0.1, 0.15) is 12.8 Å². The Morgan fingerprint density at radius 1 is 1.03 bits per heavy atom. The Morgan fingerprint density at radius 2 is 1.83 bits per heavy atom. The minimum Gasteiger partial charge on any atom is -0.368 e. The highest BCUT2D eigenvalue weighted by atomic mass is 32.2. The third kappa shape index (κ3) is 5.51. The first-order chi connectivity index (χ1) is 17.5. The Kier molecular flexibility index (Phi) is 6.90. The van der Waals surface area contributed by atoms with Crippen molar-refractivity contribution < 1.29 is 9.00 Å². The van der Waals surface area contributed by atoms with E-state index in [9.17, 15) is 9.00 Å². The van der Waals surface area contributed by atoms with Crippen LogP contribution in [0.3, 0.4) is 0 Å². The number of piperazine rings is 1. The number of hydrogen-bond donors (Lipinski definition) is 4. The van der Waals surface area contributed by atoms with Gasteiger partial charge in [-0.25, -0.2) is 18.8 Å². The summed E-state index contributed by atoms with van der Waals surface area (Å²) in [6.07, 6.45) is 3.25. The van der Waals surface area contributed by atoms with Crippen LogP contribution >= 0.6 is 0 Å². The van der Waals surface area contributed by atoms with E-state index in [0.29, 0.717) is 61.4 Å². The topological polar surface area (TPSA) is 126 Å². The summed E-state index contributed by atoms with van der Waals surface area (Å²) in [7, 11) is -2.85. The lowest BCUT2D eigenvalue weighted by Gasteiger charge is -2.36.